The van der Waals surface area contributed by atoms with Gasteiger partial charge in [-0.25, -0.2) is 4.39 Å². The zero-order valence-electron chi connectivity index (χ0n) is 23.3. The first kappa shape index (κ1) is 7.31. The number of hydrogen-bond acceptors (Lipinski definition) is 4. The van der Waals surface area contributed by atoms with Gasteiger partial charge in [0.05, 0.1) is 14.8 Å². The van der Waals surface area contributed by atoms with Crippen LogP contribution in [-0.2, 0) is 0 Å². The van der Waals surface area contributed by atoms with E-state index < -0.39 is 73.6 Å². The molecular formula is C19H20FNO3. The van der Waals surface area contributed by atoms with Gasteiger partial charge in [-0.1, -0.05) is 12.1 Å². The summed E-state index contributed by atoms with van der Waals surface area (Å²) in [5, 5.41) is 2.67. The predicted molar refractivity (Wildman–Crippen MR) is 88.2 cm³/mol. The Bertz CT molecular complexity index is 1170. The highest BCUT2D eigenvalue weighted by molar-refractivity contribution is 5.46. The summed E-state index contributed by atoms with van der Waals surface area (Å²) in [5.41, 5.74) is -0.781. The molecule has 0 amide bonds. The van der Waals surface area contributed by atoms with Crippen molar-refractivity contribution in [1.82, 2.24) is 5.32 Å². The largest absolute Gasteiger partial charge is 0.493 e. The maximum atomic E-state index is 14.2. The summed E-state index contributed by atoms with van der Waals surface area (Å²) in [6, 6.07) is -0.446. The lowest BCUT2D eigenvalue weighted by atomic mass is 9.81. The lowest BCUT2D eigenvalue weighted by Gasteiger charge is -2.32. The Hall–Kier alpha value is -2.27. The second-order valence-corrected chi connectivity index (χ2v) is 5.08. The minimum absolute atomic E-state index is 0.0448. The van der Waals surface area contributed by atoms with E-state index in [1.165, 1.54) is 12.1 Å². The van der Waals surface area contributed by atoms with Crippen LogP contribution in [0.15, 0.2) is 42.4 Å². The second-order valence-electron chi connectivity index (χ2n) is 5.08. The molecule has 1 saturated heterocycles. The maximum absolute atomic E-state index is 14.2. The zero-order chi connectivity index (χ0) is 26.1. The standard InChI is InChI=1S/C19H20FNO3/c20-15-3-1-13(2-4-15)17-7-8-21-10-14(17)11-22-16-5-6-18-19(9-16)24-12-23-18/h1-6,9,14,17,21H,7-8,10-12H2/t14-,17?/m0/s1/i1D,2D,3D,4D,7D2,11D2,12D2,17D. The van der Waals surface area contributed by atoms with Crippen molar-refractivity contribution in [2.75, 3.05) is 26.4 Å². The average Bonchev–Trinajstić information content (AvgIpc) is 3.05. The van der Waals surface area contributed by atoms with Gasteiger partial charge in [-0.05, 0) is 48.6 Å². The zero-order valence-corrected chi connectivity index (χ0v) is 12.3. The van der Waals surface area contributed by atoms with Gasteiger partial charge >= 0.3 is 0 Å². The first-order valence-electron chi connectivity index (χ1n) is 12.7. The number of ether oxygens (including phenoxy) is 3. The highest BCUT2D eigenvalue weighted by Gasteiger charge is 2.27. The molecule has 2 aromatic rings. The molecular weight excluding hydrogens is 309 g/mol. The number of rotatable bonds is 4. The summed E-state index contributed by atoms with van der Waals surface area (Å²) in [6.07, 6.45) is -2.63. The molecule has 0 aliphatic carbocycles. The van der Waals surface area contributed by atoms with E-state index in [0.29, 0.717) is 0 Å². The molecule has 1 N–H and O–H groups in total. The predicted octanol–water partition coefficient (Wildman–Crippen LogP) is 3.33. The third-order valence-electron chi connectivity index (χ3n) is 3.50. The molecule has 24 heavy (non-hydrogen) atoms. The first-order valence-corrected chi connectivity index (χ1v) is 7.20. The Labute approximate surface area is 156 Å². The van der Waals surface area contributed by atoms with Crippen molar-refractivity contribution >= 4 is 0 Å². The SMILES string of the molecule is [2H]c1c([2H])c(C2([2H])[C@H](C([2H])([2H])Oc3ccc4c(c3)OC([2H])([2H])O4)CNCC2([2H])[2H])c([2H])c([2H])c1F. The molecule has 2 heterocycles. The number of piperidine rings is 1. The van der Waals surface area contributed by atoms with E-state index in [4.69, 9.17) is 29.3 Å². The normalized spacial score (nSPS) is 36.9. The van der Waals surface area contributed by atoms with E-state index in [9.17, 15) is 4.39 Å². The van der Waals surface area contributed by atoms with Crippen molar-refractivity contribution in [3.63, 3.8) is 0 Å². The molecule has 4 rings (SSSR count). The van der Waals surface area contributed by atoms with Crippen LogP contribution < -0.4 is 19.5 Å². The van der Waals surface area contributed by atoms with Crippen LogP contribution in [-0.4, -0.2) is 26.4 Å². The fourth-order valence-electron chi connectivity index (χ4n) is 2.36. The molecule has 2 atom stereocenters. The van der Waals surface area contributed by atoms with Gasteiger partial charge in [0.2, 0.25) is 6.75 Å². The molecule has 2 aliphatic rings. The molecule has 0 saturated carbocycles. The Balaban J connectivity index is 1.80. The Morgan fingerprint density at radius 2 is 2.17 bits per heavy atom. The molecule has 2 aliphatic heterocycles. The van der Waals surface area contributed by atoms with Gasteiger partial charge in [0.1, 0.15) is 14.3 Å². The van der Waals surface area contributed by atoms with E-state index in [1.807, 2.05) is 0 Å². The van der Waals surface area contributed by atoms with Crippen LogP contribution in [0.2, 0.25) is 0 Å². The van der Waals surface area contributed by atoms with Crippen LogP contribution in [0.25, 0.3) is 0 Å². The van der Waals surface area contributed by atoms with E-state index in [0.717, 1.165) is 6.07 Å². The molecule has 0 radical (unpaired) electrons. The Morgan fingerprint density at radius 3 is 3.04 bits per heavy atom. The highest BCUT2D eigenvalue weighted by Crippen LogP contribution is 2.36. The summed E-state index contributed by atoms with van der Waals surface area (Å²) in [7, 11) is 0. The second kappa shape index (κ2) is 6.69. The minimum Gasteiger partial charge on any atom is -0.493 e. The lowest BCUT2D eigenvalue weighted by molar-refractivity contribution is 0.173. The molecule has 1 fully saturated rings. The number of hydrogen-bond donors (Lipinski definition) is 1. The monoisotopic (exact) mass is 340 g/mol. The van der Waals surface area contributed by atoms with Crippen LogP contribution in [0.4, 0.5) is 4.39 Å². The summed E-state index contributed by atoms with van der Waals surface area (Å²) in [6.45, 7) is -6.09. The van der Waals surface area contributed by atoms with Crippen LogP contribution in [0.3, 0.4) is 0 Å². The summed E-state index contributed by atoms with van der Waals surface area (Å²) in [4.78, 5) is 0. The smallest absolute Gasteiger partial charge is 0.231 e. The van der Waals surface area contributed by atoms with Crippen LogP contribution in [0.5, 0.6) is 17.2 Å². The van der Waals surface area contributed by atoms with E-state index in [-0.39, 0.29) is 23.8 Å². The van der Waals surface area contributed by atoms with E-state index >= 15 is 0 Å². The Morgan fingerprint density at radius 1 is 1.33 bits per heavy atom. The fraction of sp³-hybridized carbons (Fsp3) is 0.368. The lowest BCUT2D eigenvalue weighted by Crippen LogP contribution is -2.38. The van der Waals surface area contributed by atoms with Crippen LogP contribution >= 0.6 is 0 Å². The van der Waals surface area contributed by atoms with Gasteiger partial charge < -0.3 is 19.5 Å². The van der Waals surface area contributed by atoms with Crippen molar-refractivity contribution in [1.29, 1.82) is 0 Å². The van der Waals surface area contributed by atoms with Crippen LogP contribution in [0.1, 0.15) is 32.9 Å². The van der Waals surface area contributed by atoms with Gasteiger partial charge in [0.15, 0.2) is 11.5 Å². The number of fused-ring (bicyclic) bond motifs is 1. The average molecular weight is 340 g/mol. The summed E-state index contributed by atoms with van der Waals surface area (Å²) in [5.74, 6) is -6.13. The van der Waals surface area contributed by atoms with E-state index in [1.54, 1.807) is 0 Å². The van der Waals surface area contributed by atoms with Crippen molar-refractivity contribution in [2.45, 2.75) is 12.3 Å². The van der Waals surface area contributed by atoms with Crippen molar-refractivity contribution in [3.8, 4) is 17.2 Å². The van der Waals surface area contributed by atoms with Crippen molar-refractivity contribution in [2.24, 2.45) is 5.92 Å². The molecule has 5 heteroatoms. The quantitative estimate of drug-likeness (QED) is 0.927. The summed E-state index contributed by atoms with van der Waals surface area (Å²) >= 11 is 0. The molecule has 0 aromatic heterocycles. The van der Waals surface area contributed by atoms with Crippen LogP contribution in [0, 0.1) is 11.7 Å². The topological polar surface area (TPSA) is 39.7 Å². The minimum atomic E-state index is -2.84. The molecule has 4 nitrogen and oxygen atoms in total. The van der Waals surface area contributed by atoms with Crippen molar-refractivity contribution < 1.29 is 33.7 Å². The van der Waals surface area contributed by atoms with Gasteiger partial charge in [-0.15, -0.1) is 0 Å². The maximum Gasteiger partial charge on any atom is 0.231 e. The third-order valence-corrected chi connectivity index (χ3v) is 3.50. The van der Waals surface area contributed by atoms with Gasteiger partial charge in [0, 0.05) is 22.6 Å². The fourth-order valence-corrected chi connectivity index (χ4v) is 2.36. The van der Waals surface area contributed by atoms with Gasteiger partial charge in [-0.2, -0.15) is 0 Å². The molecule has 1 unspecified atom stereocenters. The number of benzene rings is 2. The Kier molecular flexibility index (Phi) is 2.04. The number of halogens is 1. The first-order chi connectivity index (χ1) is 16.0. The highest BCUT2D eigenvalue weighted by atomic mass is 19.1. The molecule has 2 aromatic carbocycles. The van der Waals surface area contributed by atoms with Gasteiger partial charge in [0.25, 0.3) is 0 Å². The van der Waals surface area contributed by atoms with Crippen molar-refractivity contribution in [3.05, 3.63) is 53.7 Å². The molecule has 126 valence electrons. The van der Waals surface area contributed by atoms with E-state index in [2.05, 4.69) is 5.32 Å². The summed E-state index contributed by atoms with van der Waals surface area (Å²) < 4.78 is 120. The number of nitrogens with one attached hydrogen (secondary N) is 1. The third kappa shape index (κ3) is 3.17. The van der Waals surface area contributed by atoms with Gasteiger partial charge in [-0.3, -0.25) is 0 Å². The molecule has 0 spiro atoms. The molecule has 0 bridgehead atoms.